The molecule has 0 spiro atoms. The number of aliphatic carboxylic acids is 1. The molecule has 0 aliphatic carbocycles. The number of nitro groups is 1. The maximum Gasteiger partial charge on any atom is 0.326 e. The number of hydrogen-bond acceptors (Lipinski definition) is 5. The zero-order valence-electron chi connectivity index (χ0n) is 15.9. The fourth-order valence-electron chi connectivity index (χ4n) is 2.65. The van der Waals surface area contributed by atoms with E-state index in [-0.39, 0.29) is 34.8 Å². The van der Waals surface area contributed by atoms with E-state index in [1.54, 1.807) is 12.1 Å². The molecule has 29 heavy (non-hydrogen) atoms. The van der Waals surface area contributed by atoms with Crippen LogP contribution in [0.25, 0.3) is 0 Å². The molecule has 2 aromatic carbocycles. The van der Waals surface area contributed by atoms with Crippen LogP contribution >= 0.6 is 0 Å². The first kappa shape index (κ1) is 21.5. The average Bonchev–Trinajstić information content (AvgIpc) is 2.67. The number of carbonyl (C=O) groups is 3. The van der Waals surface area contributed by atoms with E-state index in [0.29, 0.717) is 0 Å². The molecule has 1 unspecified atom stereocenters. The SMILES string of the molecule is CC(C)CC(NC(=O)c1ccccc1NC(=O)c1ccc([N+](=O)[O-])cc1)C(=O)O. The highest BCUT2D eigenvalue weighted by Gasteiger charge is 2.23. The van der Waals surface area contributed by atoms with E-state index in [1.165, 1.54) is 36.4 Å². The fourth-order valence-corrected chi connectivity index (χ4v) is 2.65. The number of anilines is 1. The quantitative estimate of drug-likeness (QED) is 0.460. The molecule has 0 fully saturated rings. The topological polar surface area (TPSA) is 139 Å². The summed E-state index contributed by atoms with van der Waals surface area (Å²) >= 11 is 0. The Balaban J connectivity index is 2.19. The van der Waals surface area contributed by atoms with Gasteiger partial charge >= 0.3 is 5.97 Å². The van der Waals surface area contributed by atoms with E-state index in [4.69, 9.17) is 0 Å². The van der Waals surface area contributed by atoms with E-state index in [2.05, 4.69) is 10.6 Å². The molecular formula is C20H21N3O6. The van der Waals surface area contributed by atoms with Crippen molar-refractivity contribution in [1.29, 1.82) is 0 Å². The molecule has 0 heterocycles. The standard InChI is InChI=1S/C20H21N3O6/c1-12(2)11-17(20(26)27)22-19(25)15-5-3-4-6-16(15)21-18(24)13-7-9-14(10-8-13)23(28)29/h3-10,12,17H,11H2,1-2H3,(H,21,24)(H,22,25)(H,26,27). The summed E-state index contributed by atoms with van der Waals surface area (Å²) in [6, 6.07) is 10.2. The molecular weight excluding hydrogens is 378 g/mol. The summed E-state index contributed by atoms with van der Waals surface area (Å²) in [6.07, 6.45) is 0.262. The Morgan fingerprint density at radius 2 is 1.66 bits per heavy atom. The van der Waals surface area contributed by atoms with Crippen LogP contribution in [0.4, 0.5) is 11.4 Å². The van der Waals surface area contributed by atoms with Crippen molar-refractivity contribution >= 4 is 29.2 Å². The number of amides is 2. The monoisotopic (exact) mass is 399 g/mol. The number of nitro benzene ring substituents is 1. The molecule has 0 bridgehead atoms. The van der Waals surface area contributed by atoms with Gasteiger partial charge in [0.25, 0.3) is 17.5 Å². The summed E-state index contributed by atoms with van der Waals surface area (Å²) in [4.78, 5) is 46.6. The number of benzene rings is 2. The van der Waals surface area contributed by atoms with Crippen LogP contribution in [0.3, 0.4) is 0 Å². The fraction of sp³-hybridized carbons (Fsp3) is 0.250. The Bertz CT molecular complexity index is 924. The van der Waals surface area contributed by atoms with E-state index >= 15 is 0 Å². The van der Waals surface area contributed by atoms with Gasteiger partial charge in [-0.2, -0.15) is 0 Å². The number of nitrogens with zero attached hydrogens (tertiary/aromatic N) is 1. The van der Waals surface area contributed by atoms with Gasteiger partial charge in [-0.25, -0.2) is 4.79 Å². The number of para-hydroxylation sites is 1. The lowest BCUT2D eigenvalue weighted by molar-refractivity contribution is -0.384. The number of carboxylic acid groups (broad SMARTS) is 1. The Labute approximate surface area is 166 Å². The van der Waals surface area contributed by atoms with Crippen molar-refractivity contribution in [2.45, 2.75) is 26.3 Å². The minimum absolute atomic E-state index is 0.0634. The number of nitrogens with one attached hydrogen (secondary N) is 2. The van der Waals surface area contributed by atoms with Gasteiger partial charge in [-0.05, 0) is 36.6 Å². The first-order chi connectivity index (χ1) is 13.7. The molecule has 0 saturated carbocycles. The highest BCUT2D eigenvalue weighted by Crippen LogP contribution is 2.18. The number of carboxylic acids is 1. The predicted molar refractivity (Wildman–Crippen MR) is 106 cm³/mol. The summed E-state index contributed by atoms with van der Waals surface area (Å²) in [6.45, 7) is 3.70. The molecule has 1 atom stereocenters. The Morgan fingerprint density at radius 3 is 2.21 bits per heavy atom. The molecule has 0 aliphatic heterocycles. The van der Waals surface area contributed by atoms with Crippen LogP contribution in [0, 0.1) is 16.0 Å². The van der Waals surface area contributed by atoms with Crippen LogP contribution < -0.4 is 10.6 Å². The molecule has 0 radical (unpaired) electrons. The van der Waals surface area contributed by atoms with Crippen LogP contribution in [0.15, 0.2) is 48.5 Å². The minimum atomic E-state index is -1.14. The van der Waals surface area contributed by atoms with Crippen LogP contribution in [-0.2, 0) is 4.79 Å². The molecule has 9 nitrogen and oxygen atoms in total. The van der Waals surface area contributed by atoms with Gasteiger partial charge in [0.15, 0.2) is 0 Å². The molecule has 0 aliphatic rings. The van der Waals surface area contributed by atoms with Gasteiger partial charge in [-0.1, -0.05) is 26.0 Å². The van der Waals surface area contributed by atoms with Crippen LogP contribution in [0.1, 0.15) is 41.0 Å². The Morgan fingerprint density at radius 1 is 1.03 bits per heavy atom. The second-order valence-electron chi connectivity index (χ2n) is 6.80. The van der Waals surface area contributed by atoms with Gasteiger partial charge in [0.05, 0.1) is 16.2 Å². The second kappa shape index (κ2) is 9.45. The van der Waals surface area contributed by atoms with Crippen molar-refractivity contribution in [2.75, 3.05) is 5.32 Å². The first-order valence-electron chi connectivity index (χ1n) is 8.87. The Kier molecular flexibility index (Phi) is 7.02. The van der Waals surface area contributed by atoms with Crippen molar-refractivity contribution in [2.24, 2.45) is 5.92 Å². The zero-order chi connectivity index (χ0) is 21.6. The van der Waals surface area contributed by atoms with Crippen molar-refractivity contribution in [1.82, 2.24) is 5.32 Å². The third-order valence-electron chi connectivity index (χ3n) is 4.07. The molecule has 3 N–H and O–H groups in total. The largest absolute Gasteiger partial charge is 0.480 e. The van der Waals surface area contributed by atoms with Gasteiger partial charge in [-0.15, -0.1) is 0 Å². The van der Waals surface area contributed by atoms with E-state index in [0.717, 1.165) is 0 Å². The molecule has 2 amide bonds. The van der Waals surface area contributed by atoms with Crippen molar-refractivity contribution in [3.63, 3.8) is 0 Å². The highest BCUT2D eigenvalue weighted by molar-refractivity contribution is 6.09. The number of rotatable bonds is 8. The van der Waals surface area contributed by atoms with Gasteiger partial charge in [0.1, 0.15) is 6.04 Å². The summed E-state index contributed by atoms with van der Waals surface area (Å²) in [7, 11) is 0. The van der Waals surface area contributed by atoms with Crippen LogP contribution in [-0.4, -0.2) is 33.9 Å². The van der Waals surface area contributed by atoms with Crippen molar-refractivity contribution < 1.29 is 24.4 Å². The van der Waals surface area contributed by atoms with E-state index in [1.807, 2.05) is 13.8 Å². The molecule has 152 valence electrons. The third-order valence-corrected chi connectivity index (χ3v) is 4.07. The van der Waals surface area contributed by atoms with Crippen LogP contribution in [0.5, 0.6) is 0 Å². The second-order valence-corrected chi connectivity index (χ2v) is 6.80. The molecule has 9 heteroatoms. The summed E-state index contributed by atoms with van der Waals surface area (Å²) in [5.74, 6) is -2.26. The van der Waals surface area contributed by atoms with Crippen molar-refractivity contribution in [3.05, 3.63) is 69.8 Å². The van der Waals surface area contributed by atoms with E-state index in [9.17, 15) is 29.6 Å². The van der Waals surface area contributed by atoms with Gasteiger partial charge in [-0.3, -0.25) is 19.7 Å². The lowest BCUT2D eigenvalue weighted by Crippen LogP contribution is -2.41. The van der Waals surface area contributed by atoms with Crippen LogP contribution in [0.2, 0.25) is 0 Å². The summed E-state index contributed by atoms with van der Waals surface area (Å²) in [5, 5.41) is 25.1. The third kappa shape index (κ3) is 5.86. The number of carbonyl (C=O) groups excluding carboxylic acids is 2. The maximum atomic E-state index is 12.6. The lowest BCUT2D eigenvalue weighted by Gasteiger charge is -2.18. The smallest absolute Gasteiger partial charge is 0.326 e. The van der Waals surface area contributed by atoms with Gasteiger partial charge < -0.3 is 15.7 Å². The average molecular weight is 399 g/mol. The van der Waals surface area contributed by atoms with Gasteiger partial charge in [0, 0.05) is 17.7 Å². The number of hydrogen-bond donors (Lipinski definition) is 3. The number of non-ortho nitro benzene ring substituents is 1. The Hall–Kier alpha value is -3.75. The zero-order valence-corrected chi connectivity index (χ0v) is 15.9. The molecule has 2 rings (SSSR count). The van der Waals surface area contributed by atoms with Crippen molar-refractivity contribution in [3.8, 4) is 0 Å². The minimum Gasteiger partial charge on any atom is -0.480 e. The molecule has 0 saturated heterocycles. The van der Waals surface area contributed by atoms with Gasteiger partial charge in [0.2, 0.25) is 0 Å². The summed E-state index contributed by atoms with van der Waals surface area (Å²) in [5.41, 5.74) is 0.333. The predicted octanol–water partition coefficient (Wildman–Crippen LogP) is 3.08. The highest BCUT2D eigenvalue weighted by atomic mass is 16.6. The normalized spacial score (nSPS) is 11.6. The molecule has 0 aromatic heterocycles. The maximum absolute atomic E-state index is 12.6. The first-order valence-corrected chi connectivity index (χ1v) is 8.87. The lowest BCUT2D eigenvalue weighted by atomic mass is 10.0. The van der Waals surface area contributed by atoms with E-state index < -0.39 is 28.7 Å². The summed E-state index contributed by atoms with van der Waals surface area (Å²) < 4.78 is 0. The molecule has 2 aromatic rings.